The number of rotatable bonds is 2. The summed E-state index contributed by atoms with van der Waals surface area (Å²) in [6.45, 7) is 4.65. The fourth-order valence-electron chi connectivity index (χ4n) is 2.75. The van der Waals surface area contributed by atoms with Crippen molar-refractivity contribution in [2.45, 2.75) is 19.4 Å². The van der Waals surface area contributed by atoms with E-state index >= 15 is 0 Å². The highest BCUT2D eigenvalue weighted by molar-refractivity contribution is 7.17. The predicted molar refractivity (Wildman–Crippen MR) is 78.3 cm³/mol. The van der Waals surface area contributed by atoms with Crippen LogP contribution in [0.15, 0.2) is 23.7 Å². The standard InChI is InChI=1S/C14H19N3S/c1-10-9-17(2)7-4-12(10)16-14-11-5-8-18-13(11)3-6-15-14/h3,5-6,8,10,12H,4,7,9H2,1-2H3,(H,15,16). The van der Waals surface area contributed by atoms with E-state index in [1.807, 2.05) is 6.20 Å². The Hall–Kier alpha value is -1.13. The van der Waals surface area contributed by atoms with E-state index in [-0.39, 0.29) is 0 Å². The number of anilines is 1. The van der Waals surface area contributed by atoms with Crippen molar-refractivity contribution in [3.8, 4) is 0 Å². The number of aromatic nitrogens is 1. The minimum atomic E-state index is 0.541. The summed E-state index contributed by atoms with van der Waals surface area (Å²) in [4.78, 5) is 6.91. The van der Waals surface area contributed by atoms with Crippen LogP contribution in [0.3, 0.4) is 0 Å². The monoisotopic (exact) mass is 261 g/mol. The Morgan fingerprint density at radius 3 is 3.17 bits per heavy atom. The lowest BCUT2D eigenvalue weighted by Crippen LogP contribution is -2.43. The predicted octanol–water partition coefficient (Wildman–Crippen LogP) is 3.05. The molecule has 0 bridgehead atoms. The molecule has 3 nitrogen and oxygen atoms in total. The highest BCUT2D eigenvalue weighted by atomic mass is 32.1. The Bertz CT molecular complexity index is 537. The van der Waals surface area contributed by atoms with Gasteiger partial charge in [-0.3, -0.25) is 0 Å². The number of thiophene rings is 1. The molecule has 2 unspecified atom stereocenters. The van der Waals surface area contributed by atoms with E-state index in [4.69, 9.17) is 0 Å². The van der Waals surface area contributed by atoms with Gasteiger partial charge in [-0.15, -0.1) is 11.3 Å². The summed E-state index contributed by atoms with van der Waals surface area (Å²) in [5.74, 6) is 1.72. The number of hydrogen-bond donors (Lipinski definition) is 1. The van der Waals surface area contributed by atoms with Crippen LogP contribution < -0.4 is 5.32 Å². The van der Waals surface area contributed by atoms with Crippen LogP contribution in [0.5, 0.6) is 0 Å². The molecular formula is C14H19N3S. The molecule has 1 aliphatic rings. The molecular weight excluding hydrogens is 242 g/mol. The molecule has 0 amide bonds. The van der Waals surface area contributed by atoms with Crippen LogP contribution in [0.2, 0.25) is 0 Å². The van der Waals surface area contributed by atoms with Gasteiger partial charge in [0.2, 0.25) is 0 Å². The molecule has 1 N–H and O–H groups in total. The second-order valence-corrected chi connectivity index (χ2v) is 6.22. The molecule has 3 rings (SSSR count). The van der Waals surface area contributed by atoms with Crippen molar-refractivity contribution >= 4 is 27.2 Å². The summed E-state index contributed by atoms with van der Waals surface area (Å²) in [6.07, 6.45) is 3.10. The summed E-state index contributed by atoms with van der Waals surface area (Å²) < 4.78 is 1.31. The van der Waals surface area contributed by atoms with Crippen LogP contribution >= 0.6 is 11.3 Å². The van der Waals surface area contributed by atoms with Gasteiger partial charge in [0.15, 0.2) is 0 Å². The van der Waals surface area contributed by atoms with Gasteiger partial charge in [0.1, 0.15) is 5.82 Å². The smallest absolute Gasteiger partial charge is 0.134 e. The molecule has 0 radical (unpaired) electrons. The number of pyridine rings is 1. The number of likely N-dealkylation sites (tertiary alicyclic amines) is 1. The Balaban J connectivity index is 1.82. The lowest BCUT2D eigenvalue weighted by atomic mass is 9.94. The lowest BCUT2D eigenvalue weighted by molar-refractivity contribution is 0.206. The summed E-state index contributed by atoms with van der Waals surface area (Å²) in [5.41, 5.74) is 0. The highest BCUT2D eigenvalue weighted by Gasteiger charge is 2.24. The van der Waals surface area contributed by atoms with Gasteiger partial charge < -0.3 is 10.2 Å². The second kappa shape index (κ2) is 4.86. The summed E-state index contributed by atoms with van der Waals surface area (Å²) >= 11 is 1.78. The molecule has 2 aromatic rings. The molecule has 1 aliphatic heterocycles. The van der Waals surface area contributed by atoms with E-state index in [0.717, 1.165) is 12.4 Å². The first-order valence-electron chi connectivity index (χ1n) is 6.51. The van der Waals surface area contributed by atoms with Crippen molar-refractivity contribution in [2.75, 3.05) is 25.5 Å². The number of piperidine rings is 1. The third-order valence-corrected chi connectivity index (χ3v) is 4.69. The maximum atomic E-state index is 4.51. The topological polar surface area (TPSA) is 28.2 Å². The van der Waals surface area contributed by atoms with Gasteiger partial charge in [-0.1, -0.05) is 6.92 Å². The first-order chi connectivity index (χ1) is 8.74. The molecule has 0 saturated carbocycles. The molecule has 0 aromatic carbocycles. The van der Waals surface area contributed by atoms with Gasteiger partial charge in [0.25, 0.3) is 0 Å². The summed E-state index contributed by atoms with van der Waals surface area (Å²) in [6, 6.07) is 4.79. The van der Waals surface area contributed by atoms with Crippen molar-refractivity contribution in [1.29, 1.82) is 0 Å². The van der Waals surface area contributed by atoms with Crippen molar-refractivity contribution in [2.24, 2.45) is 5.92 Å². The first-order valence-corrected chi connectivity index (χ1v) is 7.39. The van der Waals surface area contributed by atoms with Crippen LogP contribution in [-0.2, 0) is 0 Å². The zero-order chi connectivity index (χ0) is 12.5. The average Bonchev–Trinajstić information content (AvgIpc) is 2.82. The van der Waals surface area contributed by atoms with Gasteiger partial charge in [-0.25, -0.2) is 4.98 Å². The van der Waals surface area contributed by atoms with Crippen molar-refractivity contribution in [3.05, 3.63) is 23.7 Å². The maximum Gasteiger partial charge on any atom is 0.134 e. The summed E-state index contributed by atoms with van der Waals surface area (Å²) in [7, 11) is 2.20. The third-order valence-electron chi connectivity index (χ3n) is 3.81. The maximum absolute atomic E-state index is 4.51. The molecule has 1 fully saturated rings. The lowest BCUT2D eigenvalue weighted by Gasteiger charge is -2.35. The van der Waals surface area contributed by atoms with Crippen LogP contribution in [0.25, 0.3) is 10.1 Å². The van der Waals surface area contributed by atoms with E-state index in [9.17, 15) is 0 Å². The SMILES string of the molecule is CC1CN(C)CCC1Nc1nccc2sccc12. The number of nitrogens with zero attached hydrogens (tertiary/aromatic N) is 2. The normalized spacial score (nSPS) is 25.4. The van der Waals surface area contributed by atoms with Crippen molar-refractivity contribution in [1.82, 2.24) is 9.88 Å². The molecule has 1 saturated heterocycles. The van der Waals surface area contributed by atoms with Crippen LogP contribution in [0.4, 0.5) is 5.82 Å². The van der Waals surface area contributed by atoms with Gasteiger partial charge in [-0.05, 0) is 43.4 Å². The van der Waals surface area contributed by atoms with Gasteiger partial charge in [0.05, 0.1) is 0 Å². The van der Waals surface area contributed by atoms with E-state index in [1.54, 1.807) is 11.3 Å². The molecule has 0 aliphatic carbocycles. The zero-order valence-electron chi connectivity index (χ0n) is 10.9. The second-order valence-electron chi connectivity index (χ2n) is 5.27. The minimum Gasteiger partial charge on any atom is -0.366 e. The van der Waals surface area contributed by atoms with Crippen molar-refractivity contribution < 1.29 is 0 Å². The van der Waals surface area contributed by atoms with Gasteiger partial charge >= 0.3 is 0 Å². The Morgan fingerprint density at radius 1 is 1.44 bits per heavy atom. The van der Waals surface area contributed by atoms with Crippen LogP contribution in [0.1, 0.15) is 13.3 Å². The largest absolute Gasteiger partial charge is 0.366 e. The fourth-order valence-corrected chi connectivity index (χ4v) is 3.54. The third kappa shape index (κ3) is 2.22. The highest BCUT2D eigenvalue weighted by Crippen LogP contribution is 2.28. The quantitative estimate of drug-likeness (QED) is 0.900. The number of nitrogens with one attached hydrogen (secondary N) is 1. The van der Waals surface area contributed by atoms with E-state index < -0.39 is 0 Å². The minimum absolute atomic E-state index is 0.541. The van der Waals surface area contributed by atoms with Crippen LogP contribution in [0, 0.1) is 5.92 Å². The Kier molecular flexibility index (Phi) is 3.22. The zero-order valence-corrected chi connectivity index (χ0v) is 11.7. The van der Waals surface area contributed by atoms with E-state index in [2.05, 4.69) is 46.7 Å². The molecule has 2 aromatic heterocycles. The molecule has 18 heavy (non-hydrogen) atoms. The molecule has 3 heterocycles. The van der Waals surface area contributed by atoms with Gasteiger partial charge in [-0.2, -0.15) is 0 Å². The molecule has 2 atom stereocenters. The Morgan fingerprint density at radius 2 is 2.33 bits per heavy atom. The fraction of sp³-hybridized carbons (Fsp3) is 0.500. The number of hydrogen-bond acceptors (Lipinski definition) is 4. The average molecular weight is 261 g/mol. The van der Waals surface area contributed by atoms with E-state index in [0.29, 0.717) is 12.0 Å². The van der Waals surface area contributed by atoms with Crippen molar-refractivity contribution in [3.63, 3.8) is 0 Å². The molecule has 96 valence electrons. The number of fused-ring (bicyclic) bond motifs is 1. The van der Waals surface area contributed by atoms with E-state index in [1.165, 1.54) is 23.1 Å². The molecule has 0 spiro atoms. The Labute approximate surface area is 112 Å². The summed E-state index contributed by atoms with van der Waals surface area (Å²) in [5, 5.41) is 7.04. The van der Waals surface area contributed by atoms with Crippen LogP contribution in [-0.4, -0.2) is 36.1 Å². The molecule has 4 heteroatoms. The first kappa shape index (κ1) is 11.9. The van der Waals surface area contributed by atoms with Gasteiger partial charge in [0, 0.05) is 28.9 Å².